The number of nitrogens with zero attached hydrogens (tertiary/aromatic N) is 3. The van der Waals surface area contributed by atoms with Gasteiger partial charge >= 0.3 is 205 Å². The van der Waals surface area contributed by atoms with E-state index in [0.717, 1.165) is 29.7 Å². The molecule has 1 N–H and O–H groups in total. The number of benzene rings is 1. The summed E-state index contributed by atoms with van der Waals surface area (Å²) in [5, 5.41) is 2.73. The molecule has 0 aliphatic carbocycles. The SMILES string of the molecule is CCCCOC(=O)N1CCN(C(=O)[C@H](C#P=O)NC(=O)c2nc(-c3ccccc3)c(Br)s2)CC1. The van der Waals surface area contributed by atoms with Gasteiger partial charge in [-0.25, -0.2) is 0 Å². The first-order valence-electron chi connectivity index (χ1n) is 10.8. The maximum atomic E-state index is 13.0. The van der Waals surface area contributed by atoms with Crippen molar-refractivity contribution in [2.24, 2.45) is 0 Å². The first-order valence-corrected chi connectivity index (χ1v) is 13.2. The van der Waals surface area contributed by atoms with Crippen molar-refractivity contribution in [2.75, 3.05) is 32.8 Å². The molecule has 9 nitrogen and oxygen atoms in total. The molecule has 1 fully saturated rings. The molecule has 0 bridgehead atoms. The molecule has 1 aliphatic rings. The molecular formula is C22H24BrN4O5PS. The molecule has 1 aromatic carbocycles. The third-order valence-corrected chi connectivity index (χ3v) is 7.17. The summed E-state index contributed by atoms with van der Waals surface area (Å²) in [6.07, 6.45) is 1.33. The van der Waals surface area contributed by atoms with E-state index in [2.05, 4.69) is 31.9 Å². The van der Waals surface area contributed by atoms with E-state index in [1.54, 1.807) is 4.90 Å². The third-order valence-electron chi connectivity index (χ3n) is 5.10. The number of halogens is 1. The van der Waals surface area contributed by atoms with Crippen molar-refractivity contribution >= 4 is 53.1 Å². The van der Waals surface area contributed by atoms with Crippen LogP contribution in [0.25, 0.3) is 11.3 Å². The number of carbonyl (C=O) groups excluding carboxylic acids is 3. The molecule has 2 aromatic rings. The Morgan fingerprint density at radius 2 is 1.88 bits per heavy atom. The van der Waals surface area contributed by atoms with Crippen molar-refractivity contribution in [1.29, 1.82) is 0 Å². The molecule has 1 saturated heterocycles. The second kappa shape index (κ2) is 12.9. The summed E-state index contributed by atoms with van der Waals surface area (Å²) in [5.74, 6) is -1.02. The molecule has 2 heterocycles. The Bertz CT molecular complexity index is 1130. The average Bonchev–Trinajstić information content (AvgIpc) is 3.25. The number of ether oxygens (including phenoxy) is 1. The number of carbonyl (C=O) groups is 3. The standard InChI is InChI=1S/C22H24BrN4O5PS/c1-2-3-13-32-22(30)27-11-9-26(10-12-27)21(29)16(14-33-31)24-19(28)20-25-17(18(23)34-20)15-7-5-4-6-8-15/h4-8,16H,2-3,9-13H2,1H3,(H,24,28)/t16-/m0/s1. The van der Waals surface area contributed by atoms with E-state index in [-0.39, 0.29) is 18.1 Å². The molecule has 3 amide bonds. The van der Waals surface area contributed by atoms with E-state index in [1.807, 2.05) is 37.3 Å². The van der Waals surface area contributed by atoms with E-state index < -0.39 is 31.9 Å². The molecular weight excluding hydrogens is 543 g/mol. The molecule has 34 heavy (non-hydrogen) atoms. The Labute approximate surface area is 211 Å². The predicted molar refractivity (Wildman–Crippen MR) is 132 cm³/mol. The van der Waals surface area contributed by atoms with Crippen molar-refractivity contribution in [3.63, 3.8) is 0 Å². The topological polar surface area (TPSA) is 109 Å². The molecule has 12 heteroatoms. The molecule has 1 aliphatic heterocycles. The predicted octanol–water partition coefficient (Wildman–Crippen LogP) is 4.00. The minimum absolute atomic E-state index is 0.160. The van der Waals surface area contributed by atoms with E-state index in [9.17, 15) is 18.9 Å². The second-order valence-corrected chi connectivity index (χ2v) is 10.2. The summed E-state index contributed by atoms with van der Waals surface area (Å²) in [6.45, 7) is 3.55. The quantitative estimate of drug-likeness (QED) is 0.400. The molecule has 1 aromatic heterocycles. The van der Waals surface area contributed by atoms with E-state index in [0.29, 0.717) is 29.2 Å². The number of unbranched alkanes of at least 4 members (excludes halogenated alkanes) is 1. The van der Waals surface area contributed by atoms with Gasteiger partial charge in [0.25, 0.3) is 0 Å². The molecule has 3 rings (SSSR count). The second-order valence-electron chi connectivity index (χ2n) is 7.41. The van der Waals surface area contributed by atoms with Crippen molar-refractivity contribution in [1.82, 2.24) is 20.1 Å². The summed E-state index contributed by atoms with van der Waals surface area (Å²) in [6, 6.07) is 8.18. The van der Waals surface area contributed by atoms with Crippen LogP contribution in [0, 0.1) is 5.63 Å². The molecule has 0 radical (unpaired) electrons. The Morgan fingerprint density at radius 3 is 2.53 bits per heavy atom. The van der Waals surface area contributed by atoms with Crippen LogP contribution in [0.4, 0.5) is 4.79 Å². The third kappa shape index (κ3) is 6.79. The van der Waals surface area contributed by atoms with Gasteiger partial charge in [-0.1, -0.05) is 6.92 Å². The Kier molecular flexibility index (Phi) is 9.89. The van der Waals surface area contributed by atoms with Crippen LogP contribution in [-0.4, -0.2) is 71.5 Å². The van der Waals surface area contributed by atoms with E-state index >= 15 is 0 Å². The first kappa shape index (κ1) is 26.2. The van der Waals surface area contributed by atoms with Gasteiger partial charge < -0.3 is 0 Å². The van der Waals surface area contributed by atoms with E-state index in [4.69, 9.17) is 4.74 Å². The molecule has 0 spiro atoms. The fourth-order valence-electron chi connectivity index (χ4n) is 3.25. The van der Waals surface area contributed by atoms with Crippen LogP contribution < -0.4 is 5.32 Å². The monoisotopic (exact) mass is 566 g/mol. The Morgan fingerprint density at radius 1 is 1.21 bits per heavy atom. The van der Waals surface area contributed by atoms with Gasteiger partial charge in [0.1, 0.15) is 0 Å². The van der Waals surface area contributed by atoms with Gasteiger partial charge in [-0.3, -0.25) is 0 Å². The Hall–Kier alpha value is -2.45. The maximum absolute atomic E-state index is 13.0. The summed E-state index contributed by atoms with van der Waals surface area (Å²) in [5.41, 5.74) is 3.92. The number of rotatable bonds is 7. The average molecular weight is 567 g/mol. The van der Waals surface area contributed by atoms with Crippen LogP contribution >= 0.6 is 35.2 Å². The fraction of sp³-hybridized carbons (Fsp3) is 0.409. The van der Waals surface area contributed by atoms with Crippen LogP contribution in [-0.2, 0) is 14.1 Å². The summed E-state index contributed by atoms with van der Waals surface area (Å²) in [4.78, 5) is 45.3. The number of hydrogen-bond donors (Lipinski definition) is 1. The van der Waals surface area contributed by atoms with Crippen molar-refractivity contribution < 1.29 is 23.7 Å². The number of aromatic nitrogens is 1. The van der Waals surface area contributed by atoms with Gasteiger partial charge in [0.05, 0.1) is 0 Å². The van der Waals surface area contributed by atoms with Gasteiger partial charge in [-0.05, 0) is 0 Å². The van der Waals surface area contributed by atoms with Crippen LogP contribution in [0.3, 0.4) is 0 Å². The summed E-state index contributed by atoms with van der Waals surface area (Å²) >= 11 is 4.58. The molecule has 0 saturated carbocycles. The fourth-order valence-corrected chi connectivity index (χ4v) is 5.03. The summed E-state index contributed by atoms with van der Waals surface area (Å²) in [7, 11) is -0.506. The zero-order chi connectivity index (χ0) is 24.5. The van der Waals surface area contributed by atoms with Crippen LogP contribution in [0.1, 0.15) is 29.6 Å². The van der Waals surface area contributed by atoms with Crippen LogP contribution in [0.2, 0.25) is 0 Å². The van der Waals surface area contributed by atoms with Crippen molar-refractivity contribution in [3.8, 4) is 16.9 Å². The normalized spacial score (nSPS) is 14.2. The van der Waals surface area contributed by atoms with Gasteiger partial charge in [-0.2, -0.15) is 0 Å². The zero-order valence-electron chi connectivity index (χ0n) is 18.5. The number of amides is 3. The number of hydrogen-bond acceptors (Lipinski definition) is 7. The first-order chi connectivity index (χ1) is 16.4. The molecule has 0 unspecified atom stereocenters. The van der Waals surface area contributed by atoms with Crippen LogP contribution in [0.15, 0.2) is 34.1 Å². The molecule has 180 valence electrons. The van der Waals surface area contributed by atoms with Crippen LogP contribution in [0.5, 0.6) is 0 Å². The van der Waals surface area contributed by atoms with Gasteiger partial charge in [-0.15, -0.1) is 0 Å². The van der Waals surface area contributed by atoms with Gasteiger partial charge in [0.15, 0.2) is 0 Å². The zero-order valence-corrected chi connectivity index (χ0v) is 21.8. The van der Waals surface area contributed by atoms with Crippen molar-refractivity contribution in [3.05, 3.63) is 39.1 Å². The Balaban J connectivity index is 1.62. The van der Waals surface area contributed by atoms with Gasteiger partial charge in [0.2, 0.25) is 0 Å². The summed E-state index contributed by atoms with van der Waals surface area (Å²) < 4.78 is 17.1. The number of thiazole rings is 1. The molecule has 1 atom stereocenters. The van der Waals surface area contributed by atoms with Crippen molar-refractivity contribution in [2.45, 2.75) is 25.8 Å². The minimum atomic E-state index is -1.21. The number of piperazine rings is 1. The van der Waals surface area contributed by atoms with Gasteiger partial charge in [0, 0.05) is 0 Å². The van der Waals surface area contributed by atoms with E-state index in [1.165, 1.54) is 4.90 Å². The number of nitrogens with one attached hydrogen (secondary N) is 1.